The first-order valence-corrected chi connectivity index (χ1v) is 14.4. The number of pyridine rings is 1. The molecule has 2 atom stereocenters. The Labute approximate surface area is 260 Å². The molecule has 0 saturated heterocycles. The standard InChI is InChI=1S/C27H21FNO.C9H16O2.Ir/c1-16-12-23-22-4-2-3-5-25(22)30-27(23)24(13-16)26-21-9-7-17(14-19(21)10-11-29-26)18-6-8-20(28)15-18;1-6(2)8(10)5-9(11)7(3)4;/h2-5,7,9-12,14,18,20H,6,8,15H2,1H3;5-7,10H,1-4H3;/q-1;;/b;8-5-;. The number of aryl methyl sites for hydroxylation is 1. The first-order chi connectivity index (χ1) is 19.6. The van der Waals surface area contributed by atoms with Crippen LogP contribution in [0.5, 0.6) is 0 Å². The number of fused-ring (bicyclic) bond motifs is 4. The first kappa shape index (κ1) is 31.6. The van der Waals surface area contributed by atoms with Crippen molar-refractivity contribution in [2.75, 3.05) is 0 Å². The number of ketones is 1. The smallest absolute Gasteiger partial charge is 0.161 e. The molecule has 0 amide bonds. The second-order valence-electron chi connectivity index (χ2n) is 11.7. The van der Waals surface area contributed by atoms with Gasteiger partial charge in [-0.15, -0.1) is 17.7 Å². The summed E-state index contributed by atoms with van der Waals surface area (Å²) in [6, 6.07) is 22.2. The molecule has 4 nitrogen and oxygen atoms in total. The number of rotatable bonds is 5. The van der Waals surface area contributed by atoms with E-state index in [1.807, 2.05) is 58.2 Å². The van der Waals surface area contributed by atoms with E-state index in [0.29, 0.717) is 18.8 Å². The van der Waals surface area contributed by atoms with Gasteiger partial charge in [0.15, 0.2) is 5.78 Å². The van der Waals surface area contributed by atoms with Crippen LogP contribution in [0.15, 0.2) is 77.0 Å². The predicted molar refractivity (Wildman–Crippen MR) is 165 cm³/mol. The number of aliphatic hydroxyl groups excluding tert-OH is 1. The van der Waals surface area contributed by atoms with E-state index in [-0.39, 0.29) is 43.5 Å². The number of benzene rings is 3. The summed E-state index contributed by atoms with van der Waals surface area (Å²) in [4.78, 5) is 15.7. The van der Waals surface area contributed by atoms with Gasteiger partial charge in [-0.25, -0.2) is 4.39 Å². The topological polar surface area (TPSA) is 63.3 Å². The SMILES string of the molecule is CC(C)C(=O)/C=C(\O)C(C)C.Cc1[c-]c(-c2nccc3cc(C4CCC(F)C4)ccc23)c2oc3ccccc3c2c1.[Ir]. The number of nitrogens with zero attached hydrogens (tertiary/aromatic N) is 1. The molecule has 1 aliphatic carbocycles. The van der Waals surface area contributed by atoms with Crippen molar-refractivity contribution in [2.24, 2.45) is 11.8 Å². The van der Waals surface area contributed by atoms with Crippen LogP contribution in [0.4, 0.5) is 4.39 Å². The molecule has 0 spiro atoms. The van der Waals surface area contributed by atoms with E-state index in [2.05, 4.69) is 43.3 Å². The Kier molecular flexibility index (Phi) is 10.0. The molecule has 1 aliphatic rings. The van der Waals surface area contributed by atoms with Crippen molar-refractivity contribution in [3.8, 4) is 11.3 Å². The number of hydrogen-bond donors (Lipinski definition) is 1. The van der Waals surface area contributed by atoms with E-state index in [0.717, 1.165) is 56.0 Å². The molecule has 3 aromatic carbocycles. The Morgan fingerprint density at radius 1 is 1.02 bits per heavy atom. The summed E-state index contributed by atoms with van der Waals surface area (Å²) in [5, 5.41) is 13.6. The Morgan fingerprint density at radius 2 is 1.79 bits per heavy atom. The Hall–Kier alpha value is -3.34. The van der Waals surface area contributed by atoms with Gasteiger partial charge in [-0.05, 0) is 59.3 Å². The van der Waals surface area contributed by atoms with Crippen LogP contribution < -0.4 is 0 Å². The summed E-state index contributed by atoms with van der Waals surface area (Å²) in [5.74, 6) is 0.474. The Morgan fingerprint density at radius 3 is 2.48 bits per heavy atom. The van der Waals surface area contributed by atoms with Crippen molar-refractivity contribution in [2.45, 2.75) is 66.0 Å². The summed E-state index contributed by atoms with van der Waals surface area (Å²) >= 11 is 0. The van der Waals surface area contributed by atoms with E-state index in [1.165, 1.54) is 11.6 Å². The number of alkyl halides is 1. The minimum atomic E-state index is -0.665. The average Bonchev–Trinajstić information content (AvgIpc) is 3.55. The fourth-order valence-corrected chi connectivity index (χ4v) is 5.43. The maximum atomic E-state index is 13.7. The molecule has 1 N–H and O–H groups in total. The van der Waals surface area contributed by atoms with Crippen LogP contribution in [0.25, 0.3) is 44.0 Å². The normalized spacial score (nSPS) is 17.1. The average molecular weight is 743 g/mol. The van der Waals surface area contributed by atoms with Crippen LogP contribution in [0.2, 0.25) is 0 Å². The number of furan rings is 1. The van der Waals surface area contributed by atoms with Gasteiger partial charge >= 0.3 is 0 Å². The van der Waals surface area contributed by atoms with Gasteiger partial charge in [0.25, 0.3) is 0 Å². The number of carbonyl (C=O) groups is 1. The van der Waals surface area contributed by atoms with E-state index in [4.69, 9.17) is 9.40 Å². The van der Waals surface area contributed by atoms with Gasteiger partial charge in [0.1, 0.15) is 11.8 Å². The van der Waals surface area contributed by atoms with E-state index < -0.39 is 6.17 Å². The number of aliphatic hydroxyl groups is 1. The zero-order valence-electron chi connectivity index (χ0n) is 24.7. The zero-order chi connectivity index (χ0) is 29.3. The molecule has 6 rings (SSSR count). The molecule has 6 heteroatoms. The number of para-hydroxylation sites is 1. The Balaban J connectivity index is 0.000000292. The summed E-state index contributed by atoms with van der Waals surface area (Å²) < 4.78 is 20.0. The molecule has 5 aromatic rings. The van der Waals surface area contributed by atoms with Crippen molar-refractivity contribution in [1.82, 2.24) is 4.98 Å². The molecular weight excluding hydrogens is 706 g/mol. The number of aromatic nitrogens is 1. The Bertz CT molecular complexity index is 1750. The van der Waals surface area contributed by atoms with Crippen molar-refractivity contribution in [1.29, 1.82) is 0 Å². The fourth-order valence-electron chi connectivity index (χ4n) is 5.43. The van der Waals surface area contributed by atoms with Crippen LogP contribution >= 0.6 is 0 Å². The monoisotopic (exact) mass is 743 g/mol. The maximum absolute atomic E-state index is 13.7. The fraction of sp³-hybridized carbons (Fsp3) is 0.333. The van der Waals surface area contributed by atoms with E-state index in [1.54, 1.807) is 0 Å². The minimum Gasteiger partial charge on any atom is -0.512 e. The molecular formula is C36H37FIrNO3-. The number of halogens is 1. The summed E-state index contributed by atoms with van der Waals surface area (Å²) in [6.07, 6.45) is 4.73. The molecule has 1 radical (unpaired) electrons. The van der Waals surface area contributed by atoms with Crippen LogP contribution in [0, 0.1) is 24.8 Å². The predicted octanol–water partition coefficient (Wildman–Crippen LogP) is 9.82. The van der Waals surface area contributed by atoms with Crippen LogP contribution in [-0.4, -0.2) is 22.0 Å². The number of carbonyl (C=O) groups excluding carboxylic acids is 1. The van der Waals surface area contributed by atoms with E-state index in [9.17, 15) is 14.3 Å². The van der Waals surface area contributed by atoms with Crippen molar-refractivity contribution in [3.05, 3.63) is 89.8 Å². The summed E-state index contributed by atoms with van der Waals surface area (Å²) in [7, 11) is 0. The van der Waals surface area contributed by atoms with Gasteiger partial charge in [0.2, 0.25) is 0 Å². The molecule has 0 bridgehead atoms. The zero-order valence-corrected chi connectivity index (χ0v) is 27.1. The van der Waals surface area contributed by atoms with Crippen LogP contribution in [0.1, 0.15) is 64.0 Å². The second-order valence-corrected chi connectivity index (χ2v) is 11.7. The third-order valence-electron chi connectivity index (χ3n) is 7.86. The van der Waals surface area contributed by atoms with E-state index >= 15 is 0 Å². The largest absolute Gasteiger partial charge is 0.512 e. The molecule has 42 heavy (non-hydrogen) atoms. The third-order valence-corrected chi connectivity index (χ3v) is 7.86. The molecule has 221 valence electrons. The quantitative estimate of drug-likeness (QED) is 0.111. The molecule has 1 saturated carbocycles. The van der Waals surface area contributed by atoms with Crippen LogP contribution in [0.3, 0.4) is 0 Å². The minimum absolute atomic E-state index is 0. The van der Waals surface area contributed by atoms with Gasteiger partial charge in [0, 0.05) is 49.6 Å². The van der Waals surface area contributed by atoms with Crippen molar-refractivity contribution < 1.29 is 38.8 Å². The van der Waals surface area contributed by atoms with Gasteiger partial charge in [-0.1, -0.05) is 82.0 Å². The van der Waals surface area contributed by atoms with Crippen molar-refractivity contribution in [3.63, 3.8) is 0 Å². The first-order valence-electron chi connectivity index (χ1n) is 14.4. The van der Waals surface area contributed by atoms with Crippen LogP contribution in [-0.2, 0) is 24.9 Å². The van der Waals surface area contributed by atoms with Gasteiger partial charge in [-0.3, -0.25) is 4.79 Å². The second kappa shape index (κ2) is 13.3. The molecule has 2 heterocycles. The summed E-state index contributed by atoms with van der Waals surface area (Å²) in [6.45, 7) is 9.37. The number of allylic oxidation sites excluding steroid dienone is 2. The number of hydrogen-bond acceptors (Lipinski definition) is 4. The molecule has 1 fully saturated rings. The van der Waals surface area contributed by atoms with Gasteiger partial charge in [0.05, 0.1) is 11.3 Å². The maximum Gasteiger partial charge on any atom is 0.161 e. The molecule has 2 unspecified atom stereocenters. The summed E-state index contributed by atoms with van der Waals surface area (Å²) in [5.41, 5.74) is 5.74. The molecule has 2 aromatic heterocycles. The third kappa shape index (κ3) is 6.66. The van der Waals surface area contributed by atoms with Gasteiger partial charge in [-0.2, -0.15) is 0 Å². The van der Waals surface area contributed by atoms with Gasteiger partial charge < -0.3 is 14.5 Å². The van der Waals surface area contributed by atoms with Crippen molar-refractivity contribution >= 4 is 38.5 Å². The molecule has 0 aliphatic heterocycles.